The second-order valence-corrected chi connectivity index (χ2v) is 4.08. The molecule has 0 aromatic carbocycles. The van der Waals surface area contributed by atoms with E-state index >= 15 is 0 Å². The largest absolute Gasteiger partial charge is 0.443 e. The SMILES string of the molecule is CSc1nc(C(F)(F)F)sc1C. The number of hydrogen-bond acceptors (Lipinski definition) is 3. The van der Waals surface area contributed by atoms with E-state index in [0.717, 1.165) is 0 Å². The lowest BCUT2D eigenvalue weighted by Gasteiger charge is -1.98. The molecule has 0 amide bonds. The van der Waals surface area contributed by atoms with E-state index in [4.69, 9.17) is 0 Å². The van der Waals surface area contributed by atoms with Crippen molar-refractivity contribution in [1.29, 1.82) is 0 Å². The Hall–Kier alpha value is -0.230. The zero-order valence-corrected chi connectivity index (χ0v) is 8.03. The Morgan fingerprint density at radius 1 is 1.42 bits per heavy atom. The van der Waals surface area contributed by atoms with Gasteiger partial charge in [-0.1, -0.05) is 0 Å². The Balaban J connectivity index is 3.05. The van der Waals surface area contributed by atoms with Crippen molar-refractivity contribution in [3.05, 3.63) is 9.88 Å². The molecule has 0 bridgehead atoms. The molecule has 0 fully saturated rings. The molecule has 0 aliphatic rings. The Bertz CT molecular complexity index is 279. The summed E-state index contributed by atoms with van der Waals surface area (Å²) in [6, 6.07) is 0. The van der Waals surface area contributed by atoms with Gasteiger partial charge in [0.25, 0.3) is 0 Å². The molecular formula is C6H6F3NS2. The maximum atomic E-state index is 12.1. The fourth-order valence-corrected chi connectivity index (χ4v) is 2.27. The first-order chi connectivity index (χ1) is 5.45. The van der Waals surface area contributed by atoms with Crippen LogP contribution in [0.2, 0.25) is 0 Å². The molecule has 0 unspecified atom stereocenters. The average Bonchev–Trinajstić information content (AvgIpc) is 2.29. The number of rotatable bonds is 1. The highest BCUT2D eigenvalue weighted by Crippen LogP contribution is 2.36. The fourth-order valence-electron chi connectivity index (χ4n) is 0.693. The molecule has 0 atom stereocenters. The Labute approximate surface area is 76.0 Å². The lowest BCUT2D eigenvalue weighted by molar-refractivity contribution is -0.137. The van der Waals surface area contributed by atoms with Crippen molar-refractivity contribution in [2.75, 3.05) is 6.26 Å². The molecule has 0 aliphatic heterocycles. The summed E-state index contributed by atoms with van der Waals surface area (Å²) in [5, 5.41) is -0.295. The van der Waals surface area contributed by atoms with E-state index in [9.17, 15) is 13.2 Å². The summed E-state index contributed by atoms with van der Waals surface area (Å²) < 4.78 is 36.2. The summed E-state index contributed by atoms with van der Waals surface area (Å²) in [6.07, 6.45) is -2.59. The summed E-state index contributed by atoms with van der Waals surface area (Å²) in [6.45, 7) is 1.64. The first-order valence-corrected chi connectivity index (χ1v) is 5.08. The minimum atomic E-state index is -4.30. The van der Waals surface area contributed by atoms with E-state index in [2.05, 4.69) is 4.98 Å². The second kappa shape index (κ2) is 3.26. The Kier molecular flexibility index (Phi) is 2.67. The van der Waals surface area contributed by atoms with E-state index in [0.29, 0.717) is 21.2 Å². The van der Waals surface area contributed by atoms with Gasteiger partial charge < -0.3 is 0 Å². The van der Waals surface area contributed by atoms with Crippen LogP contribution in [0.4, 0.5) is 13.2 Å². The number of hydrogen-bond donors (Lipinski definition) is 0. The molecule has 0 radical (unpaired) electrons. The molecule has 1 rings (SSSR count). The summed E-state index contributed by atoms with van der Waals surface area (Å²) in [5.41, 5.74) is 0. The van der Waals surface area contributed by atoms with Crippen LogP contribution < -0.4 is 0 Å². The number of aromatic nitrogens is 1. The maximum absolute atomic E-state index is 12.1. The van der Waals surface area contributed by atoms with Crippen molar-refractivity contribution in [2.45, 2.75) is 18.1 Å². The van der Waals surface area contributed by atoms with Crippen LogP contribution in [-0.4, -0.2) is 11.2 Å². The first-order valence-electron chi connectivity index (χ1n) is 3.03. The van der Waals surface area contributed by atoms with Crippen molar-refractivity contribution < 1.29 is 13.2 Å². The van der Waals surface area contributed by atoms with E-state index in [1.807, 2.05) is 0 Å². The lowest BCUT2D eigenvalue weighted by atomic mass is 10.6. The van der Waals surface area contributed by atoms with Crippen LogP contribution in [0, 0.1) is 6.92 Å². The predicted octanol–water partition coefficient (Wildman–Crippen LogP) is 3.19. The summed E-state index contributed by atoms with van der Waals surface area (Å²) in [7, 11) is 0. The number of aryl methyl sites for hydroxylation is 1. The quantitative estimate of drug-likeness (QED) is 0.664. The Morgan fingerprint density at radius 2 is 2.00 bits per heavy atom. The van der Waals surface area contributed by atoms with Gasteiger partial charge in [-0.25, -0.2) is 4.98 Å². The molecule has 0 spiro atoms. The van der Waals surface area contributed by atoms with Gasteiger partial charge >= 0.3 is 6.18 Å². The average molecular weight is 213 g/mol. The van der Waals surface area contributed by atoms with Gasteiger partial charge in [0.15, 0.2) is 5.01 Å². The van der Waals surface area contributed by atoms with Crippen LogP contribution >= 0.6 is 23.1 Å². The first kappa shape index (κ1) is 9.85. The minimum absolute atomic E-state index is 0.465. The molecule has 1 aromatic heterocycles. The van der Waals surface area contributed by atoms with Crippen LogP contribution in [-0.2, 0) is 6.18 Å². The number of thiazole rings is 1. The molecule has 1 aromatic rings. The molecule has 12 heavy (non-hydrogen) atoms. The van der Waals surface area contributed by atoms with Gasteiger partial charge in [0.1, 0.15) is 5.03 Å². The van der Waals surface area contributed by atoms with Crippen molar-refractivity contribution in [3.63, 3.8) is 0 Å². The van der Waals surface area contributed by atoms with Crippen molar-refractivity contribution >= 4 is 23.1 Å². The highest BCUT2D eigenvalue weighted by molar-refractivity contribution is 7.98. The van der Waals surface area contributed by atoms with Gasteiger partial charge in [0.05, 0.1) is 0 Å². The zero-order chi connectivity index (χ0) is 9.35. The monoisotopic (exact) mass is 213 g/mol. The van der Waals surface area contributed by atoms with Crippen LogP contribution in [0.25, 0.3) is 0 Å². The van der Waals surface area contributed by atoms with E-state index in [1.54, 1.807) is 13.2 Å². The number of halogens is 3. The second-order valence-electron chi connectivity index (χ2n) is 2.08. The molecule has 0 saturated carbocycles. The third-order valence-electron chi connectivity index (χ3n) is 1.19. The summed E-state index contributed by atoms with van der Waals surface area (Å²) in [5.74, 6) is 0. The van der Waals surface area contributed by atoms with Gasteiger partial charge in [-0.2, -0.15) is 13.2 Å². The van der Waals surface area contributed by atoms with Crippen LogP contribution in [0.1, 0.15) is 9.88 Å². The number of thioether (sulfide) groups is 1. The predicted molar refractivity (Wildman–Crippen MR) is 43.6 cm³/mol. The highest BCUT2D eigenvalue weighted by Gasteiger charge is 2.35. The van der Waals surface area contributed by atoms with Crippen molar-refractivity contribution in [1.82, 2.24) is 4.98 Å². The van der Waals surface area contributed by atoms with E-state index < -0.39 is 11.2 Å². The van der Waals surface area contributed by atoms with Crippen LogP contribution in [0.15, 0.2) is 5.03 Å². The van der Waals surface area contributed by atoms with Crippen molar-refractivity contribution in [3.8, 4) is 0 Å². The zero-order valence-electron chi connectivity index (χ0n) is 6.40. The van der Waals surface area contributed by atoms with Gasteiger partial charge in [-0.05, 0) is 13.2 Å². The lowest BCUT2D eigenvalue weighted by Crippen LogP contribution is -2.03. The number of alkyl halides is 3. The smallest absolute Gasteiger partial charge is 0.225 e. The van der Waals surface area contributed by atoms with Crippen molar-refractivity contribution in [2.24, 2.45) is 0 Å². The molecular weight excluding hydrogens is 207 g/mol. The third kappa shape index (κ3) is 1.92. The topological polar surface area (TPSA) is 12.9 Å². The molecule has 0 N–H and O–H groups in total. The highest BCUT2D eigenvalue weighted by atomic mass is 32.2. The maximum Gasteiger partial charge on any atom is 0.443 e. The number of nitrogens with zero attached hydrogens (tertiary/aromatic N) is 1. The van der Waals surface area contributed by atoms with Gasteiger partial charge in [-0.3, -0.25) is 0 Å². The van der Waals surface area contributed by atoms with Crippen LogP contribution in [0.5, 0.6) is 0 Å². The summed E-state index contributed by atoms with van der Waals surface area (Å²) >= 11 is 1.92. The minimum Gasteiger partial charge on any atom is -0.225 e. The standard InChI is InChI=1S/C6H6F3NS2/c1-3-4(11-2)10-5(12-3)6(7,8)9/h1-2H3. The van der Waals surface area contributed by atoms with Crippen LogP contribution in [0.3, 0.4) is 0 Å². The van der Waals surface area contributed by atoms with Gasteiger partial charge in [-0.15, -0.1) is 23.1 Å². The van der Waals surface area contributed by atoms with Gasteiger partial charge in [0, 0.05) is 4.88 Å². The molecule has 1 heterocycles. The molecule has 68 valence electrons. The summed E-state index contributed by atoms with van der Waals surface area (Å²) in [4.78, 5) is 4.08. The molecule has 6 heteroatoms. The van der Waals surface area contributed by atoms with Gasteiger partial charge in [0.2, 0.25) is 0 Å². The molecule has 1 nitrogen and oxygen atoms in total. The molecule has 0 aliphatic carbocycles. The normalized spacial score (nSPS) is 12.1. The third-order valence-corrected chi connectivity index (χ3v) is 3.12. The Morgan fingerprint density at radius 3 is 2.25 bits per heavy atom. The van der Waals surface area contributed by atoms with E-state index in [-0.39, 0.29) is 0 Å². The fraction of sp³-hybridized carbons (Fsp3) is 0.500. The molecule has 0 saturated heterocycles. The van der Waals surface area contributed by atoms with E-state index in [1.165, 1.54) is 11.8 Å².